The minimum Gasteiger partial charge on any atom is -0.342 e. The number of hydrogen-bond donors (Lipinski definition) is 0. The highest BCUT2D eigenvalue weighted by atomic mass is 15.0. The molecule has 2 heterocycles. The first-order valence-corrected chi connectivity index (χ1v) is 8.02. The average molecular weight is 298 g/mol. The smallest absolute Gasteiger partial charge is 0.0739 e. The lowest BCUT2D eigenvalue weighted by Gasteiger charge is -2.05. The maximum Gasteiger partial charge on any atom is 0.0739 e. The lowest BCUT2D eigenvalue weighted by atomic mass is 10.0. The number of aromatic nitrogens is 2. The van der Waals surface area contributed by atoms with Gasteiger partial charge in [-0.2, -0.15) is 0 Å². The summed E-state index contributed by atoms with van der Waals surface area (Å²) in [5.41, 5.74) is 6.59. The molecule has 0 unspecified atom stereocenters. The Morgan fingerprint density at radius 2 is 1.22 bits per heavy atom. The zero-order valence-corrected chi connectivity index (χ0v) is 13.6. The molecule has 3 aromatic carbocycles. The minimum atomic E-state index is 1.29. The van der Waals surface area contributed by atoms with Crippen molar-refractivity contribution in [3.05, 3.63) is 60.2 Å². The summed E-state index contributed by atoms with van der Waals surface area (Å²) in [5, 5.41) is 5.40. The molecule has 2 aromatic heterocycles. The van der Waals surface area contributed by atoms with Crippen LogP contribution in [0.15, 0.2) is 54.6 Å². The van der Waals surface area contributed by atoms with Gasteiger partial charge in [0.15, 0.2) is 0 Å². The number of rotatable bonds is 0. The van der Waals surface area contributed by atoms with E-state index >= 15 is 0 Å². The first-order valence-electron chi connectivity index (χ1n) is 8.02. The molecular formula is C21H18N2. The Hall–Kier alpha value is -2.74. The Kier molecular flexibility index (Phi) is 2.31. The highest BCUT2D eigenvalue weighted by molar-refractivity contribution is 6.23. The molecule has 112 valence electrons. The standard InChI is InChI=1S/C21H18N2/c1-13-12-16-14-8-4-6-10-17(14)22(2)20(16)21-19(13)15-9-5-7-11-18(15)23(21)3/h4-12H,1-3H3. The average Bonchev–Trinajstić information content (AvgIpc) is 3.03. The van der Waals surface area contributed by atoms with E-state index in [9.17, 15) is 0 Å². The topological polar surface area (TPSA) is 9.86 Å². The van der Waals surface area contributed by atoms with Crippen LogP contribution in [-0.4, -0.2) is 9.13 Å². The first-order chi connectivity index (χ1) is 11.2. The Balaban J connectivity index is 2.21. The molecule has 0 atom stereocenters. The van der Waals surface area contributed by atoms with Gasteiger partial charge in [-0.05, 0) is 30.7 Å². The van der Waals surface area contributed by atoms with Crippen molar-refractivity contribution in [2.45, 2.75) is 6.92 Å². The molecule has 23 heavy (non-hydrogen) atoms. The van der Waals surface area contributed by atoms with Crippen molar-refractivity contribution in [1.29, 1.82) is 0 Å². The molecular weight excluding hydrogens is 280 g/mol. The summed E-state index contributed by atoms with van der Waals surface area (Å²) < 4.78 is 4.68. The second-order valence-electron chi connectivity index (χ2n) is 6.47. The largest absolute Gasteiger partial charge is 0.342 e. The van der Waals surface area contributed by atoms with Crippen LogP contribution < -0.4 is 0 Å². The second kappa shape index (κ2) is 4.17. The van der Waals surface area contributed by atoms with Crippen molar-refractivity contribution in [3.63, 3.8) is 0 Å². The van der Waals surface area contributed by atoms with E-state index in [1.54, 1.807) is 0 Å². The zero-order chi connectivity index (χ0) is 15.7. The van der Waals surface area contributed by atoms with E-state index in [1.807, 2.05) is 0 Å². The number of para-hydroxylation sites is 2. The summed E-state index contributed by atoms with van der Waals surface area (Å²) in [6.45, 7) is 2.23. The van der Waals surface area contributed by atoms with Crippen molar-refractivity contribution in [2.75, 3.05) is 0 Å². The molecule has 5 aromatic rings. The van der Waals surface area contributed by atoms with E-state index in [0.717, 1.165) is 0 Å². The molecule has 0 spiro atoms. The number of aryl methyl sites for hydroxylation is 3. The van der Waals surface area contributed by atoms with Gasteiger partial charge in [0, 0.05) is 46.7 Å². The molecule has 2 nitrogen and oxygen atoms in total. The molecule has 2 heteroatoms. The summed E-state index contributed by atoms with van der Waals surface area (Å²) in [4.78, 5) is 0. The third-order valence-electron chi connectivity index (χ3n) is 5.23. The van der Waals surface area contributed by atoms with Crippen LogP contribution >= 0.6 is 0 Å². The normalized spacial score (nSPS) is 12.1. The van der Waals surface area contributed by atoms with Crippen molar-refractivity contribution in [1.82, 2.24) is 9.13 Å². The van der Waals surface area contributed by atoms with Crippen LogP contribution in [0.1, 0.15) is 5.56 Å². The summed E-state index contributed by atoms with van der Waals surface area (Å²) >= 11 is 0. The number of nitrogens with zero attached hydrogens (tertiary/aromatic N) is 2. The minimum absolute atomic E-state index is 1.29. The van der Waals surface area contributed by atoms with E-state index in [2.05, 4.69) is 84.8 Å². The van der Waals surface area contributed by atoms with Gasteiger partial charge < -0.3 is 9.13 Å². The van der Waals surface area contributed by atoms with Gasteiger partial charge in [0.05, 0.1) is 11.0 Å². The highest BCUT2D eigenvalue weighted by Gasteiger charge is 2.18. The lowest BCUT2D eigenvalue weighted by Crippen LogP contribution is -1.93. The molecule has 0 radical (unpaired) electrons. The van der Waals surface area contributed by atoms with Crippen LogP contribution in [0, 0.1) is 6.92 Å². The molecule has 0 aliphatic carbocycles. The Bertz CT molecular complexity index is 1240. The summed E-state index contributed by atoms with van der Waals surface area (Å²) in [5.74, 6) is 0. The van der Waals surface area contributed by atoms with Crippen LogP contribution in [0.25, 0.3) is 43.6 Å². The van der Waals surface area contributed by atoms with E-state index in [0.29, 0.717) is 0 Å². The van der Waals surface area contributed by atoms with Gasteiger partial charge in [-0.25, -0.2) is 0 Å². The predicted molar refractivity (Wildman–Crippen MR) is 99.1 cm³/mol. The highest BCUT2D eigenvalue weighted by Crippen LogP contribution is 2.39. The third kappa shape index (κ3) is 1.43. The van der Waals surface area contributed by atoms with Gasteiger partial charge in [-0.15, -0.1) is 0 Å². The summed E-state index contributed by atoms with van der Waals surface area (Å²) in [6.07, 6.45) is 0. The molecule has 5 rings (SSSR count). The fraction of sp³-hybridized carbons (Fsp3) is 0.143. The second-order valence-corrected chi connectivity index (χ2v) is 6.47. The third-order valence-corrected chi connectivity index (χ3v) is 5.23. The van der Waals surface area contributed by atoms with E-state index in [1.165, 1.54) is 49.2 Å². The molecule has 0 aliphatic rings. The quantitative estimate of drug-likeness (QED) is 0.368. The maximum atomic E-state index is 2.35. The molecule has 0 fully saturated rings. The fourth-order valence-corrected chi connectivity index (χ4v) is 4.21. The van der Waals surface area contributed by atoms with Gasteiger partial charge in [-0.3, -0.25) is 0 Å². The summed E-state index contributed by atoms with van der Waals surface area (Å²) in [6, 6.07) is 19.7. The SMILES string of the molecule is Cc1cc2c3ccccc3n(C)c2c2c1c1ccccc1n2C. The molecule has 0 saturated heterocycles. The Morgan fingerprint density at radius 1 is 0.652 bits per heavy atom. The van der Waals surface area contributed by atoms with Crippen LogP contribution in [0.5, 0.6) is 0 Å². The van der Waals surface area contributed by atoms with Crippen molar-refractivity contribution in [3.8, 4) is 0 Å². The van der Waals surface area contributed by atoms with Gasteiger partial charge in [0.1, 0.15) is 0 Å². The maximum absolute atomic E-state index is 2.35. The molecule has 0 amide bonds. The summed E-state index contributed by atoms with van der Waals surface area (Å²) in [7, 11) is 4.36. The molecule has 0 bridgehead atoms. The van der Waals surface area contributed by atoms with Crippen LogP contribution in [0.4, 0.5) is 0 Å². The molecule has 0 aliphatic heterocycles. The van der Waals surface area contributed by atoms with Crippen LogP contribution in [-0.2, 0) is 14.1 Å². The number of benzene rings is 3. The number of fused-ring (bicyclic) bond motifs is 7. The van der Waals surface area contributed by atoms with Crippen molar-refractivity contribution < 1.29 is 0 Å². The molecule has 0 saturated carbocycles. The van der Waals surface area contributed by atoms with E-state index in [-0.39, 0.29) is 0 Å². The fourth-order valence-electron chi connectivity index (χ4n) is 4.21. The lowest BCUT2D eigenvalue weighted by molar-refractivity contribution is 0.986. The van der Waals surface area contributed by atoms with Crippen molar-refractivity contribution in [2.24, 2.45) is 14.1 Å². The number of hydrogen-bond acceptors (Lipinski definition) is 0. The predicted octanol–water partition coefficient (Wildman–Crippen LogP) is 5.28. The van der Waals surface area contributed by atoms with Crippen molar-refractivity contribution >= 4 is 43.6 Å². The Morgan fingerprint density at radius 3 is 1.96 bits per heavy atom. The first kappa shape index (κ1) is 12.8. The van der Waals surface area contributed by atoms with Crippen LogP contribution in [0.3, 0.4) is 0 Å². The monoisotopic (exact) mass is 298 g/mol. The van der Waals surface area contributed by atoms with Gasteiger partial charge >= 0.3 is 0 Å². The van der Waals surface area contributed by atoms with Gasteiger partial charge in [0.2, 0.25) is 0 Å². The van der Waals surface area contributed by atoms with Gasteiger partial charge in [-0.1, -0.05) is 36.4 Å². The van der Waals surface area contributed by atoms with Crippen LogP contribution in [0.2, 0.25) is 0 Å². The van der Waals surface area contributed by atoms with Gasteiger partial charge in [0.25, 0.3) is 0 Å². The van der Waals surface area contributed by atoms with E-state index in [4.69, 9.17) is 0 Å². The van der Waals surface area contributed by atoms with E-state index < -0.39 is 0 Å². The zero-order valence-electron chi connectivity index (χ0n) is 13.6. The Labute approximate surface area is 134 Å². The molecule has 0 N–H and O–H groups in total.